The maximum atomic E-state index is 13.7. The number of fused-ring (bicyclic) bond motifs is 1. The molecule has 2 aliphatic carbocycles. The van der Waals surface area contributed by atoms with Crippen molar-refractivity contribution < 1.29 is 9.53 Å². The first-order valence-electron chi connectivity index (χ1n) is 15.0. The molecule has 1 saturated carbocycles. The molecule has 1 unspecified atom stereocenters. The van der Waals surface area contributed by atoms with Crippen LogP contribution in [0.15, 0.2) is 53.3 Å². The van der Waals surface area contributed by atoms with Crippen molar-refractivity contribution in [3.05, 3.63) is 98.0 Å². The SMILES string of the molecule is Cc1cc(C)c(CNC(=O)c2cc(-c3ccc(CC4CCOCC4)cc3)cc3c2C=CC3C2CCCC2)c(=O)[nH]1. The fourth-order valence-electron chi connectivity index (χ4n) is 7.01. The minimum Gasteiger partial charge on any atom is -0.381 e. The van der Waals surface area contributed by atoms with Crippen LogP contribution in [-0.2, 0) is 17.7 Å². The van der Waals surface area contributed by atoms with Gasteiger partial charge in [-0.2, -0.15) is 0 Å². The summed E-state index contributed by atoms with van der Waals surface area (Å²) in [5.74, 6) is 1.56. The van der Waals surface area contributed by atoms with Crippen molar-refractivity contribution in [3.63, 3.8) is 0 Å². The van der Waals surface area contributed by atoms with Gasteiger partial charge in [0.05, 0.1) is 0 Å². The second-order valence-electron chi connectivity index (χ2n) is 12.0. The van der Waals surface area contributed by atoms with Gasteiger partial charge in [0, 0.05) is 42.5 Å². The second kappa shape index (κ2) is 11.6. The van der Waals surface area contributed by atoms with Crippen LogP contribution < -0.4 is 10.9 Å². The van der Waals surface area contributed by atoms with Gasteiger partial charge in [-0.3, -0.25) is 9.59 Å². The molecule has 0 radical (unpaired) electrons. The molecular formula is C35H40N2O3. The largest absolute Gasteiger partial charge is 0.381 e. The summed E-state index contributed by atoms with van der Waals surface area (Å²) in [7, 11) is 0. The third kappa shape index (κ3) is 5.57. The van der Waals surface area contributed by atoms with Gasteiger partial charge >= 0.3 is 0 Å². The molecule has 2 heterocycles. The van der Waals surface area contributed by atoms with Crippen molar-refractivity contribution in [1.29, 1.82) is 0 Å². The smallest absolute Gasteiger partial charge is 0.253 e. The molecule has 208 valence electrons. The van der Waals surface area contributed by atoms with E-state index in [1.165, 1.54) is 36.8 Å². The van der Waals surface area contributed by atoms with Gasteiger partial charge in [0.1, 0.15) is 0 Å². The fraction of sp³-hybridized carbons (Fsp3) is 0.429. The topological polar surface area (TPSA) is 71.2 Å². The molecule has 0 spiro atoms. The van der Waals surface area contributed by atoms with Crippen LogP contribution in [0.2, 0.25) is 0 Å². The highest BCUT2D eigenvalue weighted by atomic mass is 16.5. The summed E-state index contributed by atoms with van der Waals surface area (Å²) in [6.45, 7) is 5.74. The molecule has 3 aromatic rings. The summed E-state index contributed by atoms with van der Waals surface area (Å²) >= 11 is 0. The molecule has 1 atom stereocenters. The van der Waals surface area contributed by atoms with Crippen LogP contribution in [0.5, 0.6) is 0 Å². The van der Waals surface area contributed by atoms with Gasteiger partial charge in [0.15, 0.2) is 0 Å². The summed E-state index contributed by atoms with van der Waals surface area (Å²) in [5, 5.41) is 3.06. The summed E-state index contributed by atoms with van der Waals surface area (Å²) in [6, 6.07) is 15.2. The van der Waals surface area contributed by atoms with Gasteiger partial charge in [-0.25, -0.2) is 0 Å². The quantitative estimate of drug-likeness (QED) is 0.347. The molecule has 5 heteroatoms. The first-order chi connectivity index (χ1) is 19.5. The Morgan fingerprint density at radius 1 is 0.975 bits per heavy atom. The predicted octanol–water partition coefficient (Wildman–Crippen LogP) is 6.86. The van der Waals surface area contributed by atoms with Crippen LogP contribution in [0.3, 0.4) is 0 Å². The molecule has 2 N–H and O–H groups in total. The van der Waals surface area contributed by atoms with E-state index in [1.807, 2.05) is 26.0 Å². The number of carbonyl (C=O) groups is 1. The van der Waals surface area contributed by atoms with Crippen LogP contribution in [-0.4, -0.2) is 24.1 Å². The van der Waals surface area contributed by atoms with Gasteiger partial charge < -0.3 is 15.0 Å². The van der Waals surface area contributed by atoms with Crippen LogP contribution in [0, 0.1) is 25.7 Å². The molecule has 5 nitrogen and oxygen atoms in total. The molecular weight excluding hydrogens is 496 g/mol. The van der Waals surface area contributed by atoms with Crippen molar-refractivity contribution in [2.24, 2.45) is 11.8 Å². The number of hydrogen-bond acceptors (Lipinski definition) is 3. The average Bonchev–Trinajstić information content (AvgIpc) is 3.63. The second-order valence-corrected chi connectivity index (χ2v) is 12.0. The Morgan fingerprint density at radius 3 is 2.45 bits per heavy atom. The Labute approximate surface area is 237 Å². The number of H-pyrrole nitrogens is 1. The number of benzene rings is 2. The highest BCUT2D eigenvalue weighted by Crippen LogP contribution is 2.45. The number of allylic oxidation sites excluding steroid dienone is 1. The third-order valence-corrected chi connectivity index (χ3v) is 9.27. The molecule has 0 bridgehead atoms. The number of hydrogen-bond donors (Lipinski definition) is 2. The zero-order valence-electron chi connectivity index (χ0n) is 23.7. The fourth-order valence-corrected chi connectivity index (χ4v) is 7.01. The lowest BCUT2D eigenvalue weighted by Gasteiger charge is -2.22. The van der Waals surface area contributed by atoms with E-state index >= 15 is 0 Å². The van der Waals surface area contributed by atoms with E-state index in [0.717, 1.165) is 60.4 Å². The van der Waals surface area contributed by atoms with Crippen LogP contribution in [0.4, 0.5) is 0 Å². The summed E-state index contributed by atoms with van der Waals surface area (Å²) < 4.78 is 5.53. The molecule has 1 saturated heterocycles. The number of amides is 1. The van der Waals surface area contributed by atoms with Gasteiger partial charge in [0.2, 0.25) is 0 Å². The maximum absolute atomic E-state index is 13.7. The van der Waals surface area contributed by atoms with Gasteiger partial charge in [-0.15, -0.1) is 0 Å². The van der Waals surface area contributed by atoms with Crippen molar-refractivity contribution in [1.82, 2.24) is 10.3 Å². The molecule has 2 aromatic carbocycles. The third-order valence-electron chi connectivity index (χ3n) is 9.27. The minimum atomic E-state index is -0.140. The molecule has 40 heavy (non-hydrogen) atoms. The maximum Gasteiger partial charge on any atom is 0.253 e. The number of aryl methyl sites for hydroxylation is 2. The van der Waals surface area contributed by atoms with E-state index in [0.29, 0.717) is 28.9 Å². The first-order valence-corrected chi connectivity index (χ1v) is 15.0. The lowest BCUT2D eigenvalue weighted by atomic mass is 9.84. The minimum absolute atomic E-state index is 0.134. The molecule has 6 rings (SSSR count). The number of rotatable bonds is 7. The zero-order chi connectivity index (χ0) is 27.6. The Morgan fingerprint density at radius 2 is 1.73 bits per heavy atom. The summed E-state index contributed by atoms with van der Waals surface area (Å²) in [5.41, 5.74) is 8.75. The van der Waals surface area contributed by atoms with Crippen molar-refractivity contribution >= 4 is 12.0 Å². The van der Waals surface area contributed by atoms with Crippen molar-refractivity contribution in [2.45, 2.75) is 71.3 Å². The average molecular weight is 537 g/mol. The number of carbonyl (C=O) groups excluding carboxylic acids is 1. The number of aromatic amines is 1. The summed E-state index contributed by atoms with van der Waals surface area (Å²) in [4.78, 5) is 29.1. The molecule has 3 aliphatic rings. The normalized spacial score (nSPS) is 19.2. The van der Waals surface area contributed by atoms with Crippen LogP contribution >= 0.6 is 0 Å². The predicted molar refractivity (Wildman–Crippen MR) is 161 cm³/mol. The number of nitrogens with one attached hydrogen (secondary N) is 2. The van der Waals surface area contributed by atoms with E-state index in [9.17, 15) is 9.59 Å². The van der Waals surface area contributed by atoms with Gasteiger partial charge in [0.25, 0.3) is 11.5 Å². The van der Waals surface area contributed by atoms with Crippen LogP contribution in [0.1, 0.15) is 88.3 Å². The van der Waals surface area contributed by atoms with Crippen molar-refractivity contribution in [3.8, 4) is 11.1 Å². The molecule has 1 aromatic heterocycles. The Balaban J connectivity index is 1.29. The first kappa shape index (κ1) is 26.8. The Bertz CT molecular complexity index is 1470. The van der Waals surface area contributed by atoms with E-state index in [1.54, 1.807) is 0 Å². The zero-order valence-corrected chi connectivity index (χ0v) is 23.7. The standard InChI is InChI=1S/C35H40N2O3/c1-22-17-23(2)37-35(39)33(22)21-36-34(38)32-20-28(19-31-29(11-12-30(31)32)27-5-3-4-6-27)26-9-7-24(8-10-26)18-25-13-15-40-16-14-25/h7-12,17,19-20,25,27,29H,3-6,13-16,18,21H2,1-2H3,(H,36,38)(H,37,39). The Hall–Kier alpha value is -3.44. The number of aromatic nitrogens is 1. The molecule has 1 amide bonds. The Kier molecular flexibility index (Phi) is 7.75. The van der Waals surface area contributed by atoms with E-state index < -0.39 is 0 Å². The van der Waals surface area contributed by atoms with Crippen LogP contribution in [0.25, 0.3) is 17.2 Å². The highest BCUT2D eigenvalue weighted by molar-refractivity contribution is 6.00. The van der Waals surface area contributed by atoms with Gasteiger partial charge in [-0.1, -0.05) is 49.3 Å². The van der Waals surface area contributed by atoms with E-state index in [4.69, 9.17) is 4.74 Å². The lowest BCUT2D eigenvalue weighted by molar-refractivity contribution is 0.0665. The van der Waals surface area contributed by atoms with E-state index in [-0.39, 0.29) is 18.0 Å². The monoisotopic (exact) mass is 536 g/mol. The van der Waals surface area contributed by atoms with Gasteiger partial charge in [-0.05, 0) is 109 Å². The number of pyridine rings is 1. The van der Waals surface area contributed by atoms with E-state index in [2.05, 4.69) is 52.8 Å². The summed E-state index contributed by atoms with van der Waals surface area (Å²) in [6.07, 6.45) is 12.9. The highest BCUT2D eigenvalue weighted by Gasteiger charge is 2.31. The molecule has 2 fully saturated rings. The van der Waals surface area contributed by atoms with Crippen molar-refractivity contribution in [2.75, 3.05) is 13.2 Å². The lowest BCUT2D eigenvalue weighted by Crippen LogP contribution is -2.28. The molecule has 1 aliphatic heterocycles. The number of ether oxygens (including phenoxy) is 1.